The van der Waals surface area contributed by atoms with Crippen molar-refractivity contribution in [1.82, 2.24) is 4.98 Å². The molecule has 0 aliphatic heterocycles. The van der Waals surface area contributed by atoms with Crippen LogP contribution >= 0.6 is 0 Å². The second kappa shape index (κ2) is 9.87. The standard InChI is InChI=1S/C10H10N.C10H15.2ClH.Ti/c1-7-4-3-5-9-10(7)8(2)6-11-9;1-7-6-10(4,5)9(3)8(7)2;;;/h3-5,11H,1-2H3;1-5H3;2*1H;/q2*-1;;;+4/p-2. The van der Waals surface area contributed by atoms with Crippen LogP contribution in [0.2, 0.25) is 0 Å². The molecular weight excluding hydrogens is 373 g/mol. The van der Waals surface area contributed by atoms with E-state index in [1.165, 1.54) is 38.7 Å². The molecule has 1 N–H and O–H groups in total. The van der Waals surface area contributed by atoms with E-state index in [0.717, 1.165) is 0 Å². The fraction of sp³-hybridized carbons (Fsp3) is 0.400. The number of H-pyrrole nitrogens is 1. The Bertz CT molecular complexity index is 739. The summed E-state index contributed by atoms with van der Waals surface area (Å²) < 4.78 is 0. The predicted octanol–water partition coefficient (Wildman–Crippen LogP) is -0.297. The molecule has 0 radical (unpaired) electrons. The monoisotopic (exact) mass is 397 g/mol. The fourth-order valence-electron chi connectivity index (χ4n) is 2.90. The Labute approximate surface area is 174 Å². The van der Waals surface area contributed by atoms with Gasteiger partial charge in [-0.3, -0.25) is 6.08 Å². The smallest absolute Gasteiger partial charge is 1.00 e. The molecule has 0 fully saturated rings. The van der Waals surface area contributed by atoms with Crippen LogP contribution in [0, 0.1) is 31.5 Å². The quantitative estimate of drug-likeness (QED) is 0.464. The molecule has 0 bridgehead atoms. The van der Waals surface area contributed by atoms with E-state index < -0.39 is 0 Å². The van der Waals surface area contributed by atoms with Crippen molar-refractivity contribution in [2.75, 3.05) is 0 Å². The number of nitrogens with one attached hydrogen (secondary N) is 1. The van der Waals surface area contributed by atoms with E-state index in [1.54, 1.807) is 0 Å². The van der Waals surface area contributed by atoms with Crippen molar-refractivity contribution in [1.29, 1.82) is 0 Å². The van der Waals surface area contributed by atoms with Gasteiger partial charge in [-0.05, 0) is 0 Å². The number of hydrogen-bond acceptors (Lipinski definition) is 0. The number of aryl methyl sites for hydroxylation is 2. The van der Waals surface area contributed by atoms with Crippen LogP contribution in [0.4, 0.5) is 0 Å². The maximum atomic E-state index is 3.44. The van der Waals surface area contributed by atoms with Gasteiger partial charge in [-0.1, -0.05) is 59.1 Å². The zero-order valence-corrected chi connectivity index (χ0v) is 18.6. The molecule has 0 saturated carbocycles. The summed E-state index contributed by atoms with van der Waals surface area (Å²) in [4.78, 5) is 3.10. The number of aromatic amines is 1. The van der Waals surface area contributed by atoms with Crippen LogP contribution in [0.15, 0.2) is 34.9 Å². The summed E-state index contributed by atoms with van der Waals surface area (Å²) in [5.74, 6) is 0. The van der Waals surface area contributed by atoms with E-state index >= 15 is 0 Å². The molecule has 4 heteroatoms. The molecule has 1 aromatic carbocycles. The van der Waals surface area contributed by atoms with Gasteiger partial charge in [0, 0.05) is 0 Å². The first-order valence-corrected chi connectivity index (χ1v) is 7.49. The van der Waals surface area contributed by atoms with Gasteiger partial charge in [-0.15, -0.1) is 35.7 Å². The van der Waals surface area contributed by atoms with Crippen molar-refractivity contribution < 1.29 is 46.5 Å². The van der Waals surface area contributed by atoms with E-state index in [-0.39, 0.29) is 51.9 Å². The first kappa shape index (κ1) is 25.8. The summed E-state index contributed by atoms with van der Waals surface area (Å²) in [6, 6.07) is 6.25. The molecule has 2 aromatic rings. The number of aromatic nitrogens is 1. The van der Waals surface area contributed by atoms with Gasteiger partial charge in [0.15, 0.2) is 0 Å². The summed E-state index contributed by atoms with van der Waals surface area (Å²) >= 11 is 0. The third kappa shape index (κ3) is 5.26. The van der Waals surface area contributed by atoms with Gasteiger partial charge in [-0.25, -0.2) is 5.57 Å². The average molecular weight is 398 g/mol. The third-order valence-corrected chi connectivity index (χ3v) is 4.59. The maximum absolute atomic E-state index is 3.44. The van der Waals surface area contributed by atoms with Crippen LogP contribution in [-0.4, -0.2) is 4.98 Å². The SMILES string of the molecule is CC1=[C-]C(C)(C)C(C)=C1C.Cc1[c-][nH]c2cccc(C)c12.[Cl-].[Cl-].[Ti+4]. The zero-order chi connectivity index (χ0) is 15.8. The van der Waals surface area contributed by atoms with Crippen LogP contribution in [0.25, 0.3) is 10.9 Å². The van der Waals surface area contributed by atoms with Crippen molar-refractivity contribution in [2.45, 2.75) is 48.5 Å². The minimum atomic E-state index is 0. The Balaban J connectivity index is 0. The number of halogens is 2. The molecule has 0 spiro atoms. The molecule has 0 unspecified atom stereocenters. The van der Waals surface area contributed by atoms with Crippen molar-refractivity contribution in [3.8, 4) is 0 Å². The van der Waals surface area contributed by atoms with E-state index in [9.17, 15) is 0 Å². The number of benzene rings is 1. The zero-order valence-electron chi connectivity index (χ0n) is 15.5. The topological polar surface area (TPSA) is 15.8 Å². The van der Waals surface area contributed by atoms with E-state index in [2.05, 4.69) is 83.9 Å². The third-order valence-electron chi connectivity index (χ3n) is 4.59. The van der Waals surface area contributed by atoms with Gasteiger partial charge in [0.2, 0.25) is 0 Å². The minimum absolute atomic E-state index is 0. The summed E-state index contributed by atoms with van der Waals surface area (Å²) in [5, 5.41) is 1.31. The largest absolute Gasteiger partial charge is 4.00 e. The van der Waals surface area contributed by atoms with Gasteiger partial charge in [0.05, 0.1) is 0 Å². The van der Waals surface area contributed by atoms with Crippen LogP contribution < -0.4 is 24.8 Å². The number of allylic oxidation sites excluding steroid dienone is 4. The fourth-order valence-corrected chi connectivity index (χ4v) is 2.90. The number of rotatable bonds is 0. The molecule has 24 heavy (non-hydrogen) atoms. The predicted molar refractivity (Wildman–Crippen MR) is 91.2 cm³/mol. The Kier molecular flexibility index (Phi) is 10.6. The second-order valence-electron chi connectivity index (χ2n) is 6.50. The first-order chi connectivity index (χ1) is 9.74. The Hall–Kier alpha value is -0.466. The van der Waals surface area contributed by atoms with Crippen molar-refractivity contribution in [3.05, 3.63) is 58.3 Å². The van der Waals surface area contributed by atoms with E-state index in [4.69, 9.17) is 0 Å². The van der Waals surface area contributed by atoms with Crippen molar-refractivity contribution in [2.24, 2.45) is 5.41 Å². The van der Waals surface area contributed by atoms with Crippen LogP contribution in [-0.2, 0) is 21.7 Å². The van der Waals surface area contributed by atoms with Crippen LogP contribution in [0.1, 0.15) is 45.7 Å². The molecule has 1 aliphatic carbocycles. The molecule has 3 rings (SSSR count). The summed E-state index contributed by atoms with van der Waals surface area (Å²) in [6.45, 7) is 15.1. The Morgan fingerprint density at radius 1 is 0.958 bits per heavy atom. The molecule has 0 amide bonds. The van der Waals surface area contributed by atoms with Gasteiger partial charge in [-0.2, -0.15) is 16.7 Å². The summed E-state index contributed by atoms with van der Waals surface area (Å²) in [5.41, 5.74) is 8.10. The Morgan fingerprint density at radius 2 is 1.54 bits per heavy atom. The number of hydrogen-bond donors (Lipinski definition) is 1. The molecule has 1 aromatic heterocycles. The molecule has 1 heterocycles. The van der Waals surface area contributed by atoms with Crippen molar-refractivity contribution >= 4 is 10.9 Å². The maximum Gasteiger partial charge on any atom is 4.00 e. The average Bonchev–Trinajstić information content (AvgIpc) is 2.87. The first-order valence-electron chi connectivity index (χ1n) is 7.49. The van der Waals surface area contributed by atoms with Gasteiger partial charge in [0.1, 0.15) is 0 Å². The summed E-state index contributed by atoms with van der Waals surface area (Å²) in [6.07, 6.45) is 6.53. The van der Waals surface area contributed by atoms with E-state index in [1.807, 2.05) is 0 Å². The Morgan fingerprint density at radius 3 is 1.92 bits per heavy atom. The minimum Gasteiger partial charge on any atom is -1.00 e. The molecule has 128 valence electrons. The van der Waals surface area contributed by atoms with Gasteiger partial charge in [0.25, 0.3) is 0 Å². The number of fused-ring (bicyclic) bond motifs is 1. The second-order valence-corrected chi connectivity index (χ2v) is 6.50. The van der Waals surface area contributed by atoms with Crippen LogP contribution in [0.3, 0.4) is 0 Å². The normalized spacial score (nSPS) is 14.7. The molecule has 0 saturated heterocycles. The van der Waals surface area contributed by atoms with Gasteiger partial charge < -0.3 is 29.8 Å². The van der Waals surface area contributed by atoms with E-state index in [0.29, 0.717) is 0 Å². The van der Waals surface area contributed by atoms with Crippen LogP contribution in [0.5, 0.6) is 0 Å². The summed E-state index contributed by atoms with van der Waals surface area (Å²) in [7, 11) is 0. The molecular formula is C20H25Cl2NTi. The molecule has 1 nitrogen and oxygen atoms in total. The molecule has 0 atom stereocenters. The van der Waals surface area contributed by atoms with Gasteiger partial charge >= 0.3 is 21.7 Å². The van der Waals surface area contributed by atoms with Crippen molar-refractivity contribution in [3.63, 3.8) is 0 Å². The molecule has 1 aliphatic rings.